The highest BCUT2D eigenvalue weighted by molar-refractivity contribution is 9.10. The predicted molar refractivity (Wildman–Crippen MR) is 88.4 cm³/mol. The summed E-state index contributed by atoms with van der Waals surface area (Å²) < 4.78 is 1.20. The predicted octanol–water partition coefficient (Wildman–Crippen LogP) is 2.34. The molecule has 0 spiro atoms. The molecule has 1 aromatic rings. The van der Waals surface area contributed by atoms with Crippen LogP contribution in [-0.2, 0) is 0 Å². The third kappa shape index (κ3) is 2.61. The quantitative estimate of drug-likeness (QED) is 0.893. The number of piperidine rings is 2. The molecule has 2 saturated heterocycles. The zero-order valence-electron chi connectivity index (χ0n) is 12.6. The van der Waals surface area contributed by atoms with Crippen molar-refractivity contribution in [3.05, 3.63) is 28.2 Å². The van der Waals surface area contributed by atoms with E-state index in [-0.39, 0.29) is 0 Å². The molecule has 2 heterocycles. The smallest absolute Gasteiger partial charge is 0.0369 e. The molecule has 1 N–H and O–H groups in total. The van der Waals surface area contributed by atoms with Gasteiger partial charge in [-0.3, -0.25) is 0 Å². The fourth-order valence-corrected chi connectivity index (χ4v) is 4.19. The van der Waals surface area contributed by atoms with E-state index in [1.807, 2.05) is 0 Å². The highest BCUT2D eigenvalue weighted by atomic mass is 79.9. The summed E-state index contributed by atoms with van der Waals surface area (Å²) in [5.41, 5.74) is 2.69. The van der Waals surface area contributed by atoms with Gasteiger partial charge < -0.3 is 15.1 Å². The van der Waals surface area contributed by atoms with Crippen molar-refractivity contribution in [3.63, 3.8) is 0 Å². The van der Waals surface area contributed by atoms with Crippen LogP contribution in [0.1, 0.15) is 5.56 Å². The first kappa shape index (κ1) is 14.4. The Bertz CT molecular complexity index is 475. The minimum atomic E-state index is 0.724. The average molecular weight is 338 g/mol. The van der Waals surface area contributed by atoms with Gasteiger partial charge in [0.25, 0.3) is 0 Å². The van der Waals surface area contributed by atoms with Crippen LogP contribution in [0.5, 0.6) is 0 Å². The molecule has 0 saturated carbocycles. The highest BCUT2D eigenvalue weighted by Gasteiger charge is 2.40. The molecule has 0 aliphatic carbocycles. The fourth-order valence-electron chi connectivity index (χ4n) is 3.95. The van der Waals surface area contributed by atoms with Crippen molar-refractivity contribution in [2.75, 3.05) is 45.2 Å². The Kier molecular flexibility index (Phi) is 4.07. The number of anilines is 1. The normalized spacial score (nSPS) is 29.9. The molecule has 0 amide bonds. The van der Waals surface area contributed by atoms with Crippen LogP contribution in [0.2, 0.25) is 0 Å². The second-order valence-corrected chi connectivity index (χ2v) is 7.33. The molecule has 2 aliphatic heterocycles. The van der Waals surface area contributed by atoms with Crippen molar-refractivity contribution in [1.29, 1.82) is 0 Å². The summed E-state index contributed by atoms with van der Waals surface area (Å²) in [6, 6.07) is 7.46. The van der Waals surface area contributed by atoms with Crippen molar-refractivity contribution in [3.8, 4) is 0 Å². The summed E-state index contributed by atoms with van der Waals surface area (Å²) >= 11 is 3.60. The van der Waals surface area contributed by atoms with E-state index in [0.29, 0.717) is 0 Å². The lowest BCUT2D eigenvalue weighted by atomic mass is 9.79. The number of fused-ring (bicyclic) bond motifs is 2. The van der Waals surface area contributed by atoms with Gasteiger partial charge in [0.1, 0.15) is 0 Å². The summed E-state index contributed by atoms with van der Waals surface area (Å²) in [5, 5.41) is 3.60. The average Bonchev–Trinajstić information content (AvgIpc) is 2.40. The number of hydrogen-bond donors (Lipinski definition) is 1. The van der Waals surface area contributed by atoms with E-state index in [0.717, 1.165) is 44.1 Å². The Morgan fingerprint density at radius 3 is 2.40 bits per heavy atom. The molecule has 20 heavy (non-hydrogen) atoms. The van der Waals surface area contributed by atoms with Crippen LogP contribution < -0.4 is 10.2 Å². The van der Waals surface area contributed by atoms with Crippen LogP contribution in [0.4, 0.5) is 5.69 Å². The van der Waals surface area contributed by atoms with Crippen molar-refractivity contribution in [2.24, 2.45) is 11.8 Å². The molecule has 1 aromatic carbocycles. The molecule has 4 heteroatoms. The number of aryl methyl sites for hydroxylation is 1. The van der Waals surface area contributed by atoms with Gasteiger partial charge in [-0.1, -0.05) is 15.9 Å². The summed E-state index contributed by atoms with van der Waals surface area (Å²) in [4.78, 5) is 5.01. The Balaban J connectivity index is 1.82. The lowest BCUT2D eigenvalue weighted by Gasteiger charge is -2.50. The second kappa shape index (κ2) is 5.66. The van der Waals surface area contributed by atoms with Crippen molar-refractivity contribution in [1.82, 2.24) is 10.2 Å². The van der Waals surface area contributed by atoms with Crippen molar-refractivity contribution < 1.29 is 0 Å². The summed E-state index contributed by atoms with van der Waals surface area (Å²) in [7, 11) is 4.46. The van der Waals surface area contributed by atoms with Gasteiger partial charge in [0, 0.05) is 54.2 Å². The maximum Gasteiger partial charge on any atom is 0.0369 e. The first-order valence-corrected chi connectivity index (χ1v) is 8.24. The maximum atomic E-state index is 3.60. The number of benzene rings is 1. The molecular formula is C16H24BrN3. The van der Waals surface area contributed by atoms with E-state index in [2.05, 4.69) is 70.3 Å². The number of nitrogens with zero attached hydrogens (tertiary/aromatic N) is 2. The minimum absolute atomic E-state index is 0.724. The summed E-state index contributed by atoms with van der Waals surface area (Å²) in [5.74, 6) is 1.45. The van der Waals surface area contributed by atoms with Crippen LogP contribution in [-0.4, -0.2) is 51.2 Å². The van der Waals surface area contributed by atoms with Crippen LogP contribution in [0.15, 0.2) is 22.7 Å². The minimum Gasteiger partial charge on any atom is -0.371 e. The molecule has 110 valence electrons. The summed E-state index contributed by atoms with van der Waals surface area (Å²) in [6.45, 7) is 6.78. The van der Waals surface area contributed by atoms with E-state index < -0.39 is 0 Å². The van der Waals surface area contributed by atoms with Crippen LogP contribution >= 0.6 is 15.9 Å². The van der Waals surface area contributed by atoms with Gasteiger partial charge in [-0.25, -0.2) is 0 Å². The SMILES string of the molecule is Cc1cc(N2CC3CNCC(C2)C3N(C)C)ccc1Br. The standard InChI is InChI=1S/C16H24BrN3/c1-11-6-14(4-5-15(11)17)20-9-12-7-18-8-13(10-20)16(12)19(2)3/h4-6,12-13,16,18H,7-10H2,1-3H3. The van der Waals surface area contributed by atoms with Gasteiger partial charge in [0.2, 0.25) is 0 Å². The lowest BCUT2D eigenvalue weighted by molar-refractivity contribution is 0.0896. The van der Waals surface area contributed by atoms with Gasteiger partial charge in [-0.2, -0.15) is 0 Å². The number of hydrogen-bond acceptors (Lipinski definition) is 3. The Morgan fingerprint density at radius 1 is 1.20 bits per heavy atom. The molecule has 3 rings (SSSR count). The Morgan fingerprint density at radius 2 is 1.85 bits per heavy atom. The van der Waals surface area contributed by atoms with E-state index >= 15 is 0 Å². The van der Waals surface area contributed by atoms with Crippen LogP contribution in [0.3, 0.4) is 0 Å². The Hall–Kier alpha value is -0.580. The van der Waals surface area contributed by atoms with E-state index in [9.17, 15) is 0 Å². The van der Waals surface area contributed by atoms with E-state index in [4.69, 9.17) is 0 Å². The van der Waals surface area contributed by atoms with Gasteiger partial charge in [-0.15, -0.1) is 0 Å². The molecule has 2 unspecified atom stereocenters. The van der Waals surface area contributed by atoms with Crippen molar-refractivity contribution in [2.45, 2.75) is 13.0 Å². The Labute approximate surface area is 130 Å². The van der Waals surface area contributed by atoms with Crippen LogP contribution in [0, 0.1) is 18.8 Å². The zero-order chi connectivity index (χ0) is 14.3. The topological polar surface area (TPSA) is 18.5 Å². The van der Waals surface area contributed by atoms with Crippen LogP contribution in [0.25, 0.3) is 0 Å². The molecule has 2 bridgehead atoms. The van der Waals surface area contributed by atoms with Gasteiger partial charge >= 0.3 is 0 Å². The molecule has 2 fully saturated rings. The number of rotatable bonds is 2. The van der Waals surface area contributed by atoms with Crippen molar-refractivity contribution >= 4 is 21.6 Å². The third-order valence-electron chi connectivity index (χ3n) is 4.79. The first-order valence-electron chi connectivity index (χ1n) is 7.44. The fraction of sp³-hybridized carbons (Fsp3) is 0.625. The molecular weight excluding hydrogens is 314 g/mol. The number of halogens is 1. The first-order chi connectivity index (χ1) is 9.56. The third-order valence-corrected chi connectivity index (χ3v) is 5.68. The summed E-state index contributed by atoms with van der Waals surface area (Å²) in [6.07, 6.45) is 0. The second-order valence-electron chi connectivity index (χ2n) is 6.47. The molecule has 2 aliphatic rings. The van der Waals surface area contributed by atoms with Gasteiger partial charge in [0.15, 0.2) is 0 Å². The molecule has 3 nitrogen and oxygen atoms in total. The van der Waals surface area contributed by atoms with E-state index in [1.54, 1.807) is 0 Å². The maximum absolute atomic E-state index is 3.60. The van der Waals surface area contributed by atoms with E-state index in [1.165, 1.54) is 15.7 Å². The van der Waals surface area contributed by atoms with Gasteiger partial charge in [0.05, 0.1) is 0 Å². The molecule has 0 radical (unpaired) electrons. The monoisotopic (exact) mass is 337 g/mol. The van der Waals surface area contributed by atoms with Gasteiger partial charge in [-0.05, 0) is 44.8 Å². The zero-order valence-corrected chi connectivity index (χ0v) is 14.2. The molecule has 2 atom stereocenters. The highest BCUT2D eigenvalue weighted by Crippen LogP contribution is 2.32. The lowest BCUT2D eigenvalue weighted by Crippen LogP contribution is -2.63. The molecule has 0 aromatic heterocycles. The largest absolute Gasteiger partial charge is 0.371 e. The number of nitrogens with one attached hydrogen (secondary N) is 1.